The number of halogens is 5. The Morgan fingerprint density at radius 1 is 0.792 bits per heavy atom. The summed E-state index contributed by atoms with van der Waals surface area (Å²) in [6, 6.07) is 24.5. The van der Waals surface area contributed by atoms with E-state index < -0.39 is 65.0 Å². The number of aliphatic hydroxyl groups excluding tert-OH is 1. The summed E-state index contributed by atoms with van der Waals surface area (Å²) in [5.41, 5.74) is 2.64. The standard InChI is InChI=1S/C39H31F5N2O6S/c1-20-28(19-53-37-27(38(49)50)9-4-14-45-37)51-39(52-35(20)23-12-10-21(18-47)11-13-23)26-8-3-7-25(16-26)24-6-2-5-22(15-24)17-46-36(48)29-30(40)32(42)34(44)33(43)31(29)41/h2-16,20,28,35,39,47H,17-19H2,1H3,(H,46,48)(H,49,50)/t20-,28+,35+,39+/m0/s1. The van der Waals surface area contributed by atoms with Gasteiger partial charge < -0.3 is 25.0 Å². The molecule has 1 aromatic heterocycles. The van der Waals surface area contributed by atoms with Crippen LogP contribution in [0.4, 0.5) is 22.0 Å². The van der Waals surface area contributed by atoms with Crippen LogP contribution in [0, 0.1) is 35.0 Å². The molecule has 274 valence electrons. The molecule has 5 aromatic rings. The third kappa shape index (κ3) is 8.10. The Morgan fingerprint density at radius 2 is 1.45 bits per heavy atom. The number of nitrogens with one attached hydrogen (secondary N) is 1. The van der Waals surface area contributed by atoms with E-state index in [0.29, 0.717) is 27.5 Å². The number of ether oxygens (including phenoxy) is 2. The summed E-state index contributed by atoms with van der Waals surface area (Å²) in [7, 11) is 0. The Hall–Kier alpha value is -5.15. The molecule has 53 heavy (non-hydrogen) atoms. The van der Waals surface area contributed by atoms with Crippen molar-refractivity contribution >= 4 is 23.6 Å². The number of thioether (sulfide) groups is 1. The first-order chi connectivity index (χ1) is 25.5. The molecule has 4 atom stereocenters. The molecule has 6 rings (SSSR count). The Labute approximate surface area is 304 Å². The molecule has 1 aliphatic rings. The monoisotopic (exact) mass is 750 g/mol. The highest BCUT2D eigenvalue weighted by Crippen LogP contribution is 2.43. The quantitative estimate of drug-likeness (QED) is 0.0536. The minimum absolute atomic E-state index is 0.0805. The third-order valence-electron chi connectivity index (χ3n) is 8.82. The van der Waals surface area contributed by atoms with Gasteiger partial charge in [-0.15, -0.1) is 11.8 Å². The lowest BCUT2D eigenvalue weighted by Gasteiger charge is -2.41. The van der Waals surface area contributed by atoms with Gasteiger partial charge in [0, 0.05) is 30.0 Å². The van der Waals surface area contributed by atoms with Gasteiger partial charge in [0.15, 0.2) is 29.6 Å². The number of carbonyl (C=O) groups excluding carboxylic acids is 1. The number of aromatic carboxylic acids is 1. The normalized spacial score (nSPS) is 18.5. The zero-order valence-electron chi connectivity index (χ0n) is 27.9. The lowest BCUT2D eigenvalue weighted by molar-refractivity contribution is -0.268. The average Bonchev–Trinajstić information content (AvgIpc) is 3.18. The molecule has 8 nitrogen and oxygen atoms in total. The topological polar surface area (TPSA) is 118 Å². The molecule has 2 heterocycles. The smallest absolute Gasteiger partial charge is 0.338 e. The van der Waals surface area contributed by atoms with E-state index in [4.69, 9.17) is 9.47 Å². The maximum absolute atomic E-state index is 14.2. The van der Waals surface area contributed by atoms with E-state index in [-0.39, 0.29) is 24.6 Å². The Balaban J connectivity index is 1.24. The molecule has 0 unspecified atom stereocenters. The van der Waals surface area contributed by atoms with Crippen LogP contribution in [0.25, 0.3) is 11.1 Å². The second-order valence-corrected chi connectivity index (χ2v) is 13.3. The van der Waals surface area contributed by atoms with Crippen LogP contribution in [0.15, 0.2) is 96.2 Å². The highest BCUT2D eigenvalue weighted by Gasteiger charge is 2.39. The van der Waals surface area contributed by atoms with Crippen LogP contribution in [0.5, 0.6) is 0 Å². The maximum Gasteiger partial charge on any atom is 0.338 e. The number of rotatable bonds is 11. The molecular formula is C39H31F5N2O6S. The highest BCUT2D eigenvalue weighted by atomic mass is 32.2. The fourth-order valence-electron chi connectivity index (χ4n) is 5.94. The minimum atomic E-state index is -2.36. The Kier molecular flexibility index (Phi) is 11.5. The SMILES string of the molecule is C[C@H]1[C@@H](CSc2ncccc2C(=O)O)O[C@@H](c2cccc(-c3cccc(CNC(=O)c4c(F)c(F)c(F)c(F)c4F)c3)c2)O[C@H]1c1ccc(CO)cc1. The second-order valence-electron chi connectivity index (χ2n) is 12.2. The molecule has 0 saturated carbocycles. The van der Waals surface area contributed by atoms with Gasteiger partial charge >= 0.3 is 5.97 Å². The van der Waals surface area contributed by atoms with Crippen molar-refractivity contribution in [1.29, 1.82) is 0 Å². The number of pyridine rings is 1. The van der Waals surface area contributed by atoms with Gasteiger partial charge in [-0.2, -0.15) is 0 Å². The van der Waals surface area contributed by atoms with Crippen LogP contribution in [0.1, 0.15) is 62.3 Å². The number of hydrogen-bond donors (Lipinski definition) is 3. The number of aromatic nitrogens is 1. The summed E-state index contributed by atoms with van der Waals surface area (Å²) in [6.07, 6.45) is -0.189. The number of benzene rings is 4. The lowest BCUT2D eigenvalue weighted by atomic mass is 9.91. The van der Waals surface area contributed by atoms with E-state index >= 15 is 0 Å². The first-order valence-electron chi connectivity index (χ1n) is 16.3. The molecule has 1 fully saturated rings. The van der Waals surface area contributed by atoms with Crippen LogP contribution in [0.3, 0.4) is 0 Å². The minimum Gasteiger partial charge on any atom is -0.478 e. The number of carbonyl (C=O) groups is 2. The molecule has 0 radical (unpaired) electrons. The van der Waals surface area contributed by atoms with Crippen molar-refractivity contribution in [3.8, 4) is 11.1 Å². The number of aliphatic hydroxyl groups is 1. The van der Waals surface area contributed by atoms with Gasteiger partial charge in [-0.05, 0) is 52.1 Å². The van der Waals surface area contributed by atoms with E-state index in [9.17, 15) is 41.8 Å². The molecule has 4 aromatic carbocycles. The predicted molar refractivity (Wildman–Crippen MR) is 184 cm³/mol. The first-order valence-corrected chi connectivity index (χ1v) is 17.3. The largest absolute Gasteiger partial charge is 0.478 e. The van der Waals surface area contributed by atoms with Crippen molar-refractivity contribution in [3.05, 3.63) is 154 Å². The van der Waals surface area contributed by atoms with Crippen molar-refractivity contribution in [1.82, 2.24) is 10.3 Å². The van der Waals surface area contributed by atoms with Gasteiger partial charge in [0.25, 0.3) is 5.91 Å². The fourth-order valence-corrected chi connectivity index (χ4v) is 7.09. The van der Waals surface area contributed by atoms with Crippen LogP contribution < -0.4 is 5.32 Å². The van der Waals surface area contributed by atoms with Gasteiger partial charge in [0.2, 0.25) is 5.82 Å². The first kappa shape index (κ1) is 37.6. The van der Waals surface area contributed by atoms with E-state index in [2.05, 4.69) is 10.3 Å². The van der Waals surface area contributed by atoms with Crippen molar-refractivity contribution in [3.63, 3.8) is 0 Å². The van der Waals surface area contributed by atoms with Crippen molar-refractivity contribution in [2.45, 2.75) is 43.6 Å². The van der Waals surface area contributed by atoms with Crippen LogP contribution >= 0.6 is 11.8 Å². The van der Waals surface area contributed by atoms with E-state index in [0.717, 1.165) is 16.7 Å². The van der Waals surface area contributed by atoms with Gasteiger partial charge in [-0.25, -0.2) is 31.7 Å². The fraction of sp³-hybridized carbons (Fsp3) is 0.205. The summed E-state index contributed by atoms with van der Waals surface area (Å²) in [4.78, 5) is 28.6. The third-order valence-corrected chi connectivity index (χ3v) is 9.91. The molecule has 1 saturated heterocycles. The number of carboxylic acid groups (broad SMARTS) is 1. The zero-order valence-corrected chi connectivity index (χ0v) is 28.7. The average molecular weight is 751 g/mol. The van der Waals surface area contributed by atoms with Crippen LogP contribution in [-0.2, 0) is 22.6 Å². The predicted octanol–water partition coefficient (Wildman–Crippen LogP) is 8.15. The maximum atomic E-state index is 14.2. The molecule has 3 N–H and O–H groups in total. The van der Waals surface area contributed by atoms with E-state index in [1.54, 1.807) is 36.4 Å². The number of nitrogens with zero attached hydrogens (tertiary/aromatic N) is 1. The van der Waals surface area contributed by atoms with Gasteiger partial charge in [-0.1, -0.05) is 67.6 Å². The second kappa shape index (κ2) is 16.3. The van der Waals surface area contributed by atoms with E-state index in [1.165, 1.54) is 24.0 Å². The molecule has 0 spiro atoms. The van der Waals surface area contributed by atoms with Gasteiger partial charge in [0.1, 0.15) is 10.6 Å². The van der Waals surface area contributed by atoms with Gasteiger partial charge in [0.05, 0.1) is 24.4 Å². The summed E-state index contributed by atoms with van der Waals surface area (Å²) in [5.74, 6) is -13.6. The molecule has 14 heteroatoms. The summed E-state index contributed by atoms with van der Waals surface area (Å²) < 4.78 is 82.2. The molecule has 1 amide bonds. The Morgan fingerprint density at radius 3 is 2.13 bits per heavy atom. The number of amides is 1. The van der Waals surface area contributed by atoms with E-state index in [1.807, 2.05) is 49.4 Å². The summed E-state index contributed by atoms with van der Waals surface area (Å²) in [5, 5.41) is 21.8. The van der Waals surface area contributed by atoms with Crippen molar-refractivity contribution in [2.75, 3.05) is 5.75 Å². The molecular weight excluding hydrogens is 719 g/mol. The molecule has 1 aliphatic heterocycles. The Bertz CT molecular complexity index is 2130. The summed E-state index contributed by atoms with van der Waals surface area (Å²) >= 11 is 1.27. The number of hydrogen-bond acceptors (Lipinski definition) is 7. The van der Waals surface area contributed by atoms with Crippen molar-refractivity contribution < 1.29 is 51.2 Å². The van der Waals surface area contributed by atoms with Crippen LogP contribution in [-0.4, -0.2) is 38.9 Å². The molecule has 0 aliphatic carbocycles. The lowest BCUT2D eigenvalue weighted by Crippen LogP contribution is -2.38. The highest BCUT2D eigenvalue weighted by molar-refractivity contribution is 7.99. The zero-order chi connectivity index (χ0) is 37.8. The number of carboxylic acids is 1. The molecule has 0 bridgehead atoms. The van der Waals surface area contributed by atoms with Gasteiger partial charge in [-0.3, -0.25) is 4.79 Å². The van der Waals surface area contributed by atoms with Crippen molar-refractivity contribution in [2.24, 2.45) is 5.92 Å². The van der Waals surface area contributed by atoms with Crippen LogP contribution in [0.2, 0.25) is 0 Å². The summed E-state index contributed by atoms with van der Waals surface area (Å²) in [6.45, 7) is 1.58.